The van der Waals surface area contributed by atoms with Crippen molar-refractivity contribution in [3.8, 4) is 0 Å². The summed E-state index contributed by atoms with van der Waals surface area (Å²) in [5, 5.41) is 7.56. The van der Waals surface area contributed by atoms with Gasteiger partial charge in [-0.15, -0.1) is 0 Å². The molecule has 0 atom stereocenters. The zero-order valence-corrected chi connectivity index (χ0v) is 19.6. The van der Waals surface area contributed by atoms with Crippen molar-refractivity contribution in [2.24, 2.45) is 0 Å². The van der Waals surface area contributed by atoms with Gasteiger partial charge in [-0.05, 0) is 25.0 Å². The quantitative estimate of drug-likeness (QED) is 0.573. The Labute approximate surface area is 189 Å². The van der Waals surface area contributed by atoms with Crippen LogP contribution in [0.1, 0.15) is 43.5 Å². The van der Waals surface area contributed by atoms with E-state index in [1.165, 1.54) is 10.5 Å². The highest BCUT2D eigenvalue weighted by Gasteiger charge is 2.35. The molecule has 0 bridgehead atoms. The topological polar surface area (TPSA) is 87.5 Å². The number of aromatic nitrogens is 2. The second kappa shape index (κ2) is 10.5. The molecule has 1 aromatic heterocycles. The molecule has 1 N–H and O–H groups in total. The molecule has 31 heavy (non-hydrogen) atoms. The van der Waals surface area contributed by atoms with Gasteiger partial charge in [0.05, 0.1) is 16.3 Å². The number of anilines is 1. The van der Waals surface area contributed by atoms with Crippen LogP contribution in [-0.2, 0) is 16.6 Å². The number of hydrogen-bond acceptors (Lipinski definition) is 5. The van der Waals surface area contributed by atoms with Crippen LogP contribution in [-0.4, -0.2) is 61.1 Å². The predicted molar refractivity (Wildman–Crippen MR) is 122 cm³/mol. The molecule has 0 saturated carbocycles. The highest BCUT2D eigenvalue weighted by Crippen LogP contribution is 2.27. The number of sulfonamides is 1. The molecule has 1 saturated heterocycles. The molecule has 2 aromatic rings. The van der Waals surface area contributed by atoms with Crippen molar-refractivity contribution in [1.29, 1.82) is 0 Å². The summed E-state index contributed by atoms with van der Waals surface area (Å²) in [5.41, 5.74) is 1.00. The largest absolute Gasteiger partial charge is 0.368 e. The number of rotatable bonds is 9. The van der Waals surface area contributed by atoms with E-state index in [1.54, 1.807) is 4.68 Å². The minimum absolute atomic E-state index is 0.109. The number of carbonyl (C=O) groups is 1. The van der Waals surface area contributed by atoms with Gasteiger partial charge >= 0.3 is 0 Å². The lowest BCUT2D eigenvalue weighted by molar-refractivity contribution is 0.0949. The van der Waals surface area contributed by atoms with Gasteiger partial charge in [-0.25, -0.2) is 8.42 Å². The molecule has 0 aliphatic carbocycles. The average Bonchev–Trinajstić information content (AvgIpc) is 3.20. The summed E-state index contributed by atoms with van der Waals surface area (Å²) >= 11 is 6.29. The molecule has 3 rings (SSSR count). The molecule has 1 fully saturated rings. The third kappa shape index (κ3) is 5.39. The van der Waals surface area contributed by atoms with E-state index in [2.05, 4.69) is 15.3 Å². The Morgan fingerprint density at radius 1 is 1.13 bits per heavy atom. The lowest BCUT2D eigenvalue weighted by Crippen LogP contribution is -2.49. The van der Waals surface area contributed by atoms with Crippen molar-refractivity contribution in [1.82, 2.24) is 19.4 Å². The third-order valence-electron chi connectivity index (χ3n) is 5.26. The highest BCUT2D eigenvalue weighted by molar-refractivity contribution is 7.89. The third-order valence-corrected chi connectivity index (χ3v) is 7.41. The summed E-state index contributed by atoms with van der Waals surface area (Å²) < 4.78 is 29.7. The van der Waals surface area contributed by atoms with E-state index in [-0.39, 0.29) is 10.6 Å². The first-order valence-corrected chi connectivity index (χ1v) is 12.6. The molecule has 2 heterocycles. The number of benzene rings is 1. The van der Waals surface area contributed by atoms with Gasteiger partial charge in [-0.3, -0.25) is 9.48 Å². The Morgan fingerprint density at radius 2 is 1.84 bits per heavy atom. The number of nitrogens with one attached hydrogen (secondary N) is 1. The van der Waals surface area contributed by atoms with Crippen LogP contribution in [0.3, 0.4) is 0 Å². The molecule has 0 unspecified atom stereocenters. The van der Waals surface area contributed by atoms with Crippen molar-refractivity contribution in [2.45, 2.75) is 44.7 Å². The highest BCUT2D eigenvalue weighted by atomic mass is 35.5. The van der Waals surface area contributed by atoms with Gasteiger partial charge < -0.3 is 10.2 Å². The minimum Gasteiger partial charge on any atom is -0.368 e. The number of unbranched alkanes of at least 4 members (excludes halogenated alkanes) is 1. The van der Waals surface area contributed by atoms with Gasteiger partial charge in [0.1, 0.15) is 0 Å². The Kier molecular flexibility index (Phi) is 7.96. The lowest BCUT2D eigenvalue weighted by atomic mass is 10.2. The van der Waals surface area contributed by atoms with Gasteiger partial charge in [0.25, 0.3) is 15.9 Å². The van der Waals surface area contributed by atoms with Gasteiger partial charge in [0.15, 0.2) is 0 Å². The summed E-state index contributed by atoms with van der Waals surface area (Å²) in [4.78, 5) is 14.8. The Balaban J connectivity index is 1.79. The average molecular weight is 468 g/mol. The maximum Gasteiger partial charge on any atom is 0.263 e. The lowest BCUT2D eigenvalue weighted by Gasteiger charge is -2.35. The van der Waals surface area contributed by atoms with Crippen LogP contribution in [0.15, 0.2) is 35.5 Å². The number of aryl methyl sites for hydroxylation is 1. The predicted octanol–water partition coefficient (Wildman–Crippen LogP) is 2.99. The number of piperazine rings is 1. The SMILES string of the molecule is CCCCNC(=O)c1cn(CCC)nc1S(=O)(=O)N1CCN(c2ccccc2Cl)CC1. The molecule has 1 aliphatic heterocycles. The summed E-state index contributed by atoms with van der Waals surface area (Å²) in [6.07, 6.45) is 4.10. The van der Waals surface area contributed by atoms with Crippen LogP contribution < -0.4 is 10.2 Å². The van der Waals surface area contributed by atoms with E-state index in [0.29, 0.717) is 44.3 Å². The second-order valence-electron chi connectivity index (χ2n) is 7.56. The van der Waals surface area contributed by atoms with Gasteiger partial charge in [-0.2, -0.15) is 9.40 Å². The first kappa shape index (κ1) is 23.6. The van der Waals surface area contributed by atoms with E-state index in [9.17, 15) is 13.2 Å². The van der Waals surface area contributed by atoms with Crippen LogP contribution in [0.2, 0.25) is 5.02 Å². The monoisotopic (exact) mass is 467 g/mol. The Bertz CT molecular complexity index is 1000. The second-order valence-corrected chi connectivity index (χ2v) is 9.82. The van der Waals surface area contributed by atoms with E-state index in [4.69, 9.17) is 11.6 Å². The molecule has 170 valence electrons. The first-order valence-electron chi connectivity index (χ1n) is 10.7. The fourth-order valence-electron chi connectivity index (χ4n) is 3.57. The van der Waals surface area contributed by atoms with Crippen LogP contribution in [0.4, 0.5) is 5.69 Å². The summed E-state index contributed by atoms with van der Waals surface area (Å²) in [5.74, 6) is -0.399. The van der Waals surface area contributed by atoms with Gasteiger partial charge in [0.2, 0.25) is 5.03 Å². The van der Waals surface area contributed by atoms with E-state index in [1.807, 2.05) is 38.1 Å². The van der Waals surface area contributed by atoms with E-state index >= 15 is 0 Å². The van der Waals surface area contributed by atoms with Crippen LogP contribution in [0, 0.1) is 0 Å². The van der Waals surface area contributed by atoms with Crippen LogP contribution in [0.25, 0.3) is 0 Å². The number of amides is 1. The summed E-state index contributed by atoms with van der Waals surface area (Å²) in [6.45, 7) is 6.67. The number of halogens is 1. The van der Waals surface area contributed by atoms with Gasteiger partial charge in [0, 0.05) is 45.5 Å². The Hall–Kier alpha value is -2.10. The van der Waals surface area contributed by atoms with E-state index in [0.717, 1.165) is 24.9 Å². The zero-order valence-electron chi connectivity index (χ0n) is 18.1. The van der Waals surface area contributed by atoms with Crippen molar-refractivity contribution in [2.75, 3.05) is 37.6 Å². The fraction of sp³-hybridized carbons (Fsp3) is 0.524. The fourth-order valence-corrected chi connectivity index (χ4v) is 5.34. The normalized spacial score (nSPS) is 15.3. The minimum atomic E-state index is -3.90. The van der Waals surface area contributed by atoms with Gasteiger partial charge in [-0.1, -0.05) is 44.0 Å². The zero-order chi connectivity index (χ0) is 22.4. The number of hydrogen-bond donors (Lipinski definition) is 1. The smallest absolute Gasteiger partial charge is 0.263 e. The molecule has 0 spiro atoms. The molecule has 8 nitrogen and oxygen atoms in total. The van der Waals surface area contributed by atoms with Crippen molar-refractivity contribution >= 4 is 33.2 Å². The standard InChI is InChI=1S/C21H30ClN5O3S/c1-3-5-10-23-20(28)17-16-26(11-4-2)24-21(17)31(29,30)27-14-12-25(13-15-27)19-9-7-6-8-18(19)22/h6-9,16H,3-5,10-15H2,1-2H3,(H,23,28). The summed E-state index contributed by atoms with van der Waals surface area (Å²) in [7, 11) is -3.90. The van der Waals surface area contributed by atoms with E-state index < -0.39 is 15.9 Å². The number of para-hydroxylation sites is 1. The molecule has 0 radical (unpaired) electrons. The maximum absolute atomic E-state index is 13.4. The van der Waals surface area contributed by atoms with Crippen molar-refractivity contribution in [3.63, 3.8) is 0 Å². The first-order chi connectivity index (χ1) is 14.9. The molecule has 1 aromatic carbocycles. The maximum atomic E-state index is 13.4. The number of carbonyl (C=O) groups excluding carboxylic acids is 1. The molecular formula is C21H30ClN5O3S. The summed E-state index contributed by atoms with van der Waals surface area (Å²) in [6, 6.07) is 7.53. The van der Waals surface area contributed by atoms with Crippen molar-refractivity contribution < 1.29 is 13.2 Å². The van der Waals surface area contributed by atoms with Crippen molar-refractivity contribution in [3.05, 3.63) is 41.0 Å². The van der Waals surface area contributed by atoms with Crippen LogP contribution >= 0.6 is 11.6 Å². The molecular weight excluding hydrogens is 438 g/mol. The number of nitrogens with zero attached hydrogens (tertiary/aromatic N) is 4. The van der Waals surface area contributed by atoms with Crippen LogP contribution in [0.5, 0.6) is 0 Å². The Morgan fingerprint density at radius 3 is 2.48 bits per heavy atom. The molecule has 1 amide bonds. The molecule has 1 aliphatic rings. The molecule has 10 heteroatoms.